The number of hydrogen-bond acceptors (Lipinski definition) is 4. The van der Waals surface area contributed by atoms with Gasteiger partial charge in [0.25, 0.3) is 0 Å². The topological polar surface area (TPSA) is 72.8 Å². The zero-order valence-electron chi connectivity index (χ0n) is 20.6. The molecule has 192 valence electrons. The second-order valence-electron chi connectivity index (χ2n) is 9.27. The van der Waals surface area contributed by atoms with Crippen molar-refractivity contribution in [1.29, 1.82) is 0 Å². The minimum absolute atomic E-state index is 0. The number of carbonyl (C=O) groups excluding carboxylic acids is 1. The molecule has 0 saturated carbocycles. The third-order valence-corrected chi connectivity index (χ3v) is 11.2. The van der Waals surface area contributed by atoms with E-state index in [9.17, 15) is 9.59 Å². The number of aromatic carboxylic acids is 1. The van der Waals surface area contributed by atoms with Gasteiger partial charge in [-0.2, -0.15) is 0 Å². The molecule has 5 nitrogen and oxygen atoms in total. The molecule has 0 saturated heterocycles. The van der Waals surface area contributed by atoms with Gasteiger partial charge in [-0.15, -0.1) is 0 Å². The molecule has 1 N–H and O–H groups in total. The molecule has 4 rings (SSSR count). The van der Waals surface area contributed by atoms with E-state index in [4.69, 9.17) is 14.6 Å². The van der Waals surface area contributed by atoms with Crippen molar-refractivity contribution in [2.45, 2.75) is 18.5 Å². The van der Waals surface area contributed by atoms with E-state index < -0.39 is 19.4 Å². The summed E-state index contributed by atoms with van der Waals surface area (Å²) in [6, 6.07) is 37.3. The number of hydrogen-bond donors (Lipinski definition) is 1. The molecule has 0 heterocycles. The van der Waals surface area contributed by atoms with Crippen LogP contribution in [0.4, 0.5) is 4.79 Å². The van der Waals surface area contributed by atoms with Crippen LogP contribution in [0.2, 0.25) is 0 Å². The Morgan fingerprint density at radius 3 is 1.45 bits per heavy atom. The van der Waals surface area contributed by atoms with Crippen LogP contribution in [-0.2, 0) is 23.2 Å². The predicted molar refractivity (Wildman–Crippen MR) is 156 cm³/mol. The van der Waals surface area contributed by atoms with E-state index in [0.717, 1.165) is 24.6 Å². The van der Waals surface area contributed by atoms with Gasteiger partial charge in [0.15, 0.2) is 0 Å². The summed E-state index contributed by atoms with van der Waals surface area (Å²) in [5.74, 6) is -0.790. The second-order valence-corrected chi connectivity index (χ2v) is 13.8. The molecule has 0 spiro atoms. The van der Waals surface area contributed by atoms with Crippen LogP contribution in [0.15, 0.2) is 115 Å². The Labute approximate surface area is 246 Å². The van der Waals surface area contributed by atoms with Gasteiger partial charge in [-0.3, -0.25) is 0 Å². The van der Waals surface area contributed by atoms with Gasteiger partial charge in [-0.25, -0.2) is 0 Å². The zero-order valence-corrected chi connectivity index (χ0v) is 21.6. The monoisotopic (exact) mass is 538 g/mol. The van der Waals surface area contributed by atoms with Crippen molar-refractivity contribution in [3.05, 3.63) is 138 Å². The summed E-state index contributed by atoms with van der Waals surface area (Å²) in [4.78, 5) is 23.5. The Morgan fingerprint density at radius 1 is 0.632 bits per heavy atom. The summed E-state index contributed by atoms with van der Waals surface area (Å²) < 4.78 is 10.8. The molecule has 4 aromatic carbocycles. The van der Waals surface area contributed by atoms with Gasteiger partial charge in [0.05, 0.1) is 0 Å². The van der Waals surface area contributed by atoms with Crippen LogP contribution in [0.1, 0.15) is 27.0 Å². The first-order chi connectivity index (χ1) is 18.0. The van der Waals surface area contributed by atoms with Gasteiger partial charge in [-0.05, 0) is 0 Å². The standard InChI is InChI=1S/C31H31O5P.Na.H/c32-30(33)28-16-18-29(19-17-28)36-31(34)35-20-21-37(22-25-10-4-1-5-11-25,23-26-12-6-2-7-13-26)24-27-14-8-3-9-15-27;;/h1-19,37H,20-24H2,(H,32,33);;. The molecule has 7 heteroatoms. The Bertz CT molecular complexity index is 1180. The number of carbonyl (C=O) groups is 2. The molecule has 0 fully saturated rings. The van der Waals surface area contributed by atoms with E-state index in [1.807, 2.05) is 18.2 Å². The number of benzene rings is 4. The quantitative estimate of drug-likeness (QED) is 0.101. The van der Waals surface area contributed by atoms with Gasteiger partial charge in [0.2, 0.25) is 0 Å². The fourth-order valence-corrected chi connectivity index (χ4v) is 9.43. The molecule has 38 heavy (non-hydrogen) atoms. The molecule has 4 aromatic rings. The van der Waals surface area contributed by atoms with Crippen LogP contribution in [-0.4, -0.2) is 59.6 Å². The van der Waals surface area contributed by atoms with Crippen molar-refractivity contribution in [3.63, 3.8) is 0 Å². The Morgan fingerprint density at radius 2 is 1.05 bits per heavy atom. The molecule has 0 atom stereocenters. The van der Waals surface area contributed by atoms with E-state index in [2.05, 4.69) is 72.8 Å². The summed E-state index contributed by atoms with van der Waals surface area (Å²) in [6.45, 7) is 0.255. The van der Waals surface area contributed by atoms with E-state index >= 15 is 0 Å². The van der Waals surface area contributed by atoms with Crippen LogP contribution in [0.25, 0.3) is 0 Å². The molecular weight excluding hydrogens is 506 g/mol. The summed E-state index contributed by atoms with van der Waals surface area (Å²) in [6.07, 6.45) is 2.88. The second kappa shape index (κ2) is 14.8. The molecule has 0 unspecified atom stereocenters. The zero-order chi connectivity index (χ0) is 25.9. The normalized spacial score (nSPS) is 11.2. The van der Waals surface area contributed by atoms with E-state index in [1.165, 1.54) is 41.0 Å². The number of carboxylic acid groups (broad SMARTS) is 1. The minimum atomic E-state index is -2.09. The fourth-order valence-electron chi connectivity index (χ4n) is 4.68. The molecule has 0 aliphatic carbocycles. The SMILES string of the molecule is O=C(OCC[PH](Cc1ccccc1)(Cc1ccccc1)Cc1ccccc1)Oc1ccc(C(=O)O)cc1.[NaH]. The fraction of sp³-hybridized carbons (Fsp3) is 0.161. The summed E-state index contributed by atoms with van der Waals surface area (Å²) in [5, 5.41) is 9.04. The van der Waals surface area contributed by atoms with E-state index in [1.54, 1.807) is 0 Å². The number of carboxylic acids is 1. The van der Waals surface area contributed by atoms with Crippen LogP contribution in [0.5, 0.6) is 5.75 Å². The maximum atomic E-state index is 12.4. The number of ether oxygens (including phenoxy) is 2. The van der Waals surface area contributed by atoms with Crippen molar-refractivity contribution < 1.29 is 24.2 Å². The molecule has 0 amide bonds. The summed E-state index contributed by atoms with van der Waals surface area (Å²) in [7, 11) is -2.09. The molecule has 0 radical (unpaired) electrons. The van der Waals surface area contributed by atoms with Crippen molar-refractivity contribution in [2.75, 3.05) is 12.8 Å². The molecule has 0 aliphatic heterocycles. The summed E-state index contributed by atoms with van der Waals surface area (Å²) >= 11 is 0. The maximum absolute atomic E-state index is 12.4. The van der Waals surface area contributed by atoms with Gasteiger partial charge in [-0.1, -0.05) is 0 Å². The third kappa shape index (κ3) is 9.11. The molecule has 0 aromatic heterocycles. The summed E-state index contributed by atoms with van der Waals surface area (Å²) in [5.41, 5.74) is 4.01. The predicted octanol–water partition coefficient (Wildman–Crippen LogP) is 6.60. The van der Waals surface area contributed by atoms with Crippen molar-refractivity contribution in [2.24, 2.45) is 0 Å². The molecule has 0 bridgehead atoms. The average Bonchev–Trinajstić information content (AvgIpc) is 2.91. The first-order valence-electron chi connectivity index (χ1n) is 12.3. The van der Waals surface area contributed by atoms with Gasteiger partial charge < -0.3 is 0 Å². The van der Waals surface area contributed by atoms with Crippen LogP contribution in [0, 0.1) is 0 Å². The Kier molecular flexibility index (Phi) is 11.6. The first kappa shape index (κ1) is 29.6. The van der Waals surface area contributed by atoms with Crippen molar-refractivity contribution in [1.82, 2.24) is 0 Å². The molecule has 0 aliphatic rings. The average molecular weight is 539 g/mol. The molecular formula is C31H32NaO5P. The third-order valence-electron chi connectivity index (χ3n) is 6.42. The van der Waals surface area contributed by atoms with Crippen molar-refractivity contribution in [3.8, 4) is 5.75 Å². The van der Waals surface area contributed by atoms with Gasteiger partial charge in [0.1, 0.15) is 0 Å². The van der Waals surface area contributed by atoms with Crippen LogP contribution < -0.4 is 4.74 Å². The first-order valence-corrected chi connectivity index (χ1v) is 15.1. The van der Waals surface area contributed by atoms with E-state index in [0.29, 0.717) is 0 Å². The van der Waals surface area contributed by atoms with Gasteiger partial charge in [0, 0.05) is 0 Å². The Balaban J connectivity index is 0.00000400. The number of rotatable bonds is 11. The van der Waals surface area contributed by atoms with Crippen molar-refractivity contribution >= 4 is 48.9 Å². The Hall–Kier alpha value is -2.95. The van der Waals surface area contributed by atoms with Gasteiger partial charge >= 0.3 is 248 Å². The van der Waals surface area contributed by atoms with E-state index in [-0.39, 0.29) is 47.5 Å². The van der Waals surface area contributed by atoms with Crippen LogP contribution in [0.3, 0.4) is 0 Å². The van der Waals surface area contributed by atoms with Crippen LogP contribution >= 0.6 is 7.26 Å².